The van der Waals surface area contributed by atoms with Crippen LogP contribution in [-0.2, 0) is 10.8 Å². The Morgan fingerprint density at radius 2 is 1.44 bits per heavy atom. The highest BCUT2D eigenvalue weighted by atomic mass is 16.5. The third-order valence-electron chi connectivity index (χ3n) is 12.6. The van der Waals surface area contributed by atoms with Crippen molar-refractivity contribution >= 4 is 27.5 Å². The van der Waals surface area contributed by atoms with E-state index in [1.165, 1.54) is 61.2 Å². The second kappa shape index (κ2) is 9.67. The molecule has 2 heterocycles. The molecule has 0 saturated carbocycles. The minimum absolute atomic E-state index is 0.00303. The van der Waals surface area contributed by atoms with Gasteiger partial charge in [0, 0.05) is 39.0 Å². The molecular formula is C48H38O2. The zero-order chi connectivity index (χ0) is 33.5. The van der Waals surface area contributed by atoms with Crippen LogP contribution in [0.25, 0.3) is 49.8 Å². The fourth-order valence-electron chi connectivity index (χ4n) is 9.96. The topological polar surface area (TPSA) is 22.4 Å². The van der Waals surface area contributed by atoms with Crippen LogP contribution in [0.15, 0.2) is 137 Å². The molecule has 0 spiro atoms. The summed E-state index contributed by atoms with van der Waals surface area (Å²) in [6.07, 6.45) is 14.6. The van der Waals surface area contributed by atoms with E-state index in [9.17, 15) is 0 Å². The maximum atomic E-state index is 6.40. The maximum Gasteiger partial charge on any atom is 0.135 e. The molecule has 3 atom stereocenters. The lowest BCUT2D eigenvalue weighted by molar-refractivity contribution is 0.269. The quantitative estimate of drug-likeness (QED) is 0.187. The van der Waals surface area contributed by atoms with Gasteiger partial charge in [-0.15, -0.1) is 0 Å². The summed E-state index contributed by atoms with van der Waals surface area (Å²) in [7, 11) is 0. The maximum absolute atomic E-state index is 6.40. The van der Waals surface area contributed by atoms with Crippen molar-refractivity contribution in [2.24, 2.45) is 0 Å². The fraction of sp³-hybridized carbons (Fsp3) is 0.208. The Morgan fingerprint density at radius 1 is 0.640 bits per heavy atom. The first-order chi connectivity index (χ1) is 24.3. The number of benzene rings is 5. The largest absolute Gasteiger partial charge is 0.485 e. The summed E-state index contributed by atoms with van der Waals surface area (Å²) in [5.41, 5.74) is 18.5. The van der Waals surface area contributed by atoms with E-state index in [0.717, 1.165) is 34.1 Å². The Morgan fingerprint density at radius 3 is 2.34 bits per heavy atom. The Bertz CT molecular complexity index is 2610. The predicted molar refractivity (Wildman–Crippen MR) is 205 cm³/mol. The molecule has 0 saturated heterocycles. The SMILES string of the molecule is CC1(C)C2=C(C=CC(c3cccc(-c4ccc5oc6cc7c(cc6c5c4)OC4C=CC=CC74)c3)C2)c2c1ccc1c2-c2ccccc2C1(C)C. The lowest BCUT2D eigenvalue weighted by Gasteiger charge is -2.29. The highest BCUT2D eigenvalue weighted by Gasteiger charge is 2.45. The van der Waals surface area contributed by atoms with Crippen molar-refractivity contribution in [3.63, 3.8) is 0 Å². The molecule has 0 amide bonds. The lowest BCUT2D eigenvalue weighted by Crippen LogP contribution is -2.20. The number of ether oxygens (including phenoxy) is 1. The summed E-state index contributed by atoms with van der Waals surface area (Å²) >= 11 is 0. The van der Waals surface area contributed by atoms with Crippen molar-refractivity contribution in [2.45, 2.75) is 62.9 Å². The van der Waals surface area contributed by atoms with E-state index in [0.29, 0.717) is 5.92 Å². The van der Waals surface area contributed by atoms with E-state index in [2.05, 4.69) is 155 Å². The molecule has 50 heavy (non-hydrogen) atoms. The van der Waals surface area contributed by atoms with E-state index in [1.54, 1.807) is 5.57 Å². The van der Waals surface area contributed by atoms with Crippen molar-refractivity contribution in [3.8, 4) is 28.0 Å². The standard InChI is InChI=1S/C48H38O2/c1-47(2)37-14-7-5-13-32(37)45-38(47)19-20-39-46(45)33-18-16-30(24-40(33)48(39,3)4)28-11-9-10-27(22-28)29-17-21-42-34(23-29)36-26-43-35(25-44(36)50-42)31-12-6-8-15-41(31)49-43/h5-23,25-26,30-31,41H,24H2,1-4H3. The molecule has 242 valence electrons. The zero-order valence-corrected chi connectivity index (χ0v) is 28.9. The first kappa shape index (κ1) is 28.5. The van der Waals surface area contributed by atoms with E-state index < -0.39 is 0 Å². The number of hydrogen-bond acceptors (Lipinski definition) is 2. The van der Waals surface area contributed by atoms with E-state index in [4.69, 9.17) is 9.15 Å². The number of allylic oxidation sites excluding steroid dienone is 6. The second-order valence-electron chi connectivity index (χ2n) is 16.0. The van der Waals surface area contributed by atoms with Crippen LogP contribution < -0.4 is 4.74 Å². The smallest absolute Gasteiger partial charge is 0.135 e. The first-order valence-electron chi connectivity index (χ1n) is 18.1. The summed E-state index contributed by atoms with van der Waals surface area (Å²) in [6, 6.07) is 34.1. The summed E-state index contributed by atoms with van der Waals surface area (Å²) in [6.45, 7) is 9.64. The van der Waals surface area contributed by atoms with Crippen molar-refractivity contribution in [3.05, 3.63) is 166 Å². The molecule has 5 aromatic carbocycles. The summed E-state index contributed by atoms with van der Waals surface area (Å²) in [4.78, 5) is 0. The molecule has 1 aromatic heterocycles. The van der Waals surface area contributed by atoms with Crippen molar-refractivity contribution in [1.29, 1.82) is 0 Å². The highest BCUT2D eigenvalue weighted by Crippen LogP contribution is 2.59. The van der Waals surface area contributed by atoms with Crippen LogP contribution in [0, 0.1) is 0 Å². The molecule has 0 bridgehead atoms. The van der Waals surface area contributed by atoms with Gasteiger partial charge in [-0.1, -0.05) is 130 Å². The van der Waals surface area contributed by atoms with Gasteiger partial charge in [0.2, 0.25) is 0 Å². The van der Waals surface area contributed by atoms with Crippen molar-refractivity contribution in [2.75, 3.05) is 0 Å². The average molecular weight is 647 g/mol. The molecule has 0 fully saturated rings. The molecule has 1 aliphatic heterocycles. The summed E-state index contributed by atoms with van der Waals surface area (Å²) in [5, 5.41) is 2.24. The van der Waals surface area contributed by atoms with Crippen LogP contribution in [0.1, 0.15) is 79.3 Å². The summed E-state index contributed by atoms with van der Waals surface area (Å²) < 4.78 is 12.8. The molecule has 6 aromatic rings. The Balaban J connectivity index is 0.952. The Kier molecular flexibility index (Phi) is 5.51. The van der Waals surface area contributed by atoms with E-state index >= 15 is 0 Å². The van der Waals surface area contributed by atoms with Crippen LogP contribution >= 0.6 is 0 Å². The predicted octanol–water partition coefficient (Wildman–Crippen LogP) is 12.3. The van der Waals surface area contributed by atoms with Gasteiger partial charge in [0.15, 0.2) is 0 Å². The molecule has 2 heteroatoms. The molecule has 3 unspecified atom stereocenters. The van der Waals surface area contributed by atoms with Crippen LogP contribution in [0.2, 0.25) is 0 Å². The zero-order valence-electron chi connectivity index (χ0n) is 28.9. The number of furan rings is 1. The second-order valence-corrected chi connectivity index (χ2v) is 16.0. The Hall–Kier alpha value is -5.34. The van der Waals surface area contributed by atoms with Crippen molar-refractivity contribution in [1.82, 2.24) is 0 Å². The van der Waals surface area contributed by atoms with E-state index in [-0.39, 0.29) is 22.9 Å². The lowest BCUT2D eigenvalue weighted by atomic mass is 9.74. The highest BCUT2D eigenvalue weighted by molar-refractivity contribution is 6.07. The summed E-state index contributed by atoms with van der Waals surface area (Å²) in [5.74, 6) is 1.54. The molecular weight excluding hydrogens is 609 g/mol. The molecule has 11 rings (SSSR count). The van der Waals surface area contributed by atoms with Gasteiger partial charge in [0.25, 0.3) is 0 Å². The molecule has 0 radical (unpaired) electrons. The van der Waals surface area contributed by atoms with Gasteiger partial charge in [-0.2, -0.15) is 0 Å². The van der Waals surface area contributed by atoms with Crippen LogP contribution in [0.3, 0.4) is 0 Å². The monoisotopic (exact) mass is 646 g/mol. The third-order valence-corrected chi connectivity index (χ3v) is 12.6. The average Bonchev–Trinajstić information content (AvgIpc) is 3.82. The minimum Gasteiger partial charge on any atom is -0.485 e. The Labute approximate surface area is 293 Å². The fourth-order valence-corrected chi connectivity index (χ4v) is 9.96. The minimum atomic E-state index is -0.0242. The van der Waals surface area contributed by atoms with E-state index in [1.807, 2.05) is 0 Å². The number of rotatable bonds is 2. The van der Waals surface area contributed by atoms with Crippen LogP contribution in [0.4, 0.5) is 0 Å². The third kappa shape index (κ3) is 3.69. The van der Waals surface area contributed by atoms with Gasteiger partial charge >= 0.3 is 0 Å². The van der Waals surface area contributed by atoms with Crippen molar-refractivity contribution < 1.29 is 9.15 Å². The number of fused-ring (bicyclic) bond motifs is 12. The van der Waals surface area contributed by atoms with Crippen LogP contribution in [0.5, 0.6) is 5.75 Å². The normalized spacial score (nSPS) is 22.7. The van der Waals surface area contributed by atoms with Gasteiger partial charge in [0.05, 0.1) is 0 Å². The van der Waals surface area contributed by atoms with Gasteiger partial charge in [-0.05, 0) is 92.4 Å². The van der Waals surface area contributed by atoms with Gasteiger partial charge in [-0.25, -0.2) is 0 Å². The van der Waals surface area contributed by atoms with Gasteiger partial charge in [0.1, 0.15) is 23.0 Å². The van der Waals surface area contributed by atoms with Gasteiger partial charge < -0.3 is 9.15 Å². The first-order valence-corrected chi connectivity index (χ1v) is 18.1. The number of hydrogen-bond donors (Lipinski definition) is 0. The molecule has 0 N–H and O–H groups in total. The molecule has 4 aliphatic carbocycles. The van der Waals surface area contributed by atoms with Crippen LogP contribution in [-0.4, -0.2) is 6.10 Å². The van der Waals surface area contributed by atoms with Gasteiger partial charge in [-0.3, -0.25) is 0 Å². The molecule has 2 nitrogen and oxygen atoms in total. The molecule has 5 aliphatic rings.